The van der Waals surface area contributed by atoms with E-state index in [0.29, 0.717) is 18.8 Å². The highest BCUT2D eigenvalue weighted by molar-refractivity contribution is 5.96. The molecule has 7 nitrogen and oxygen atoms in total. The van der Waals surface area contributed by atoms with Crippen molar-refractivity contribution < 1.29 is 19.4 Å². The molecule has 1 fully saturated rings. The van der Waals surface area contributed by atoms with Crippen LogP contribution in [-0.4, -0.2) is 40.5 Å². The first kappa shape index (κ1) is 13.5. The van der Waals surface area contributed by atoms with Gasteiger partial charge in [-0.05, 0) is 19.3 Å². The predicted octanol–water partition coefficient (Wildman–Crippen LogP) is 0.723. The Morgan fingerprint density at radius 1 is 1.58 bits per heavy atom. The van der Waals surface area contributed by atoms with Gasteiger partial charge in [-0.2, -0.15) is 5.10 Å². The molecule has 0 radical (unpaired) electrons. The van der Waals surface area contributed by atoms with Crippen LogP contribution in [0, 0.1) is 5.41 Å². The van der Waals surface area contributed by atoms with Crippen LogP contribution in [0.5, 0.6) is 0 Å². The zero-order valence-electron chi connectivity index (χ0n) is 10.8. The minimum Gasteiger partial charge on any atom is -0.480 e. The maximum absolute atomic E-state index is 12.1. The van der Waals surface area contributed by atoms with Gasteiger partial charge in [-0.1, -0.05) is 0 Å². The first-order valence-electron chi connectivity index (χ1n) is 6.11. The molecule has 0 atom stereocenters. The number of ether oxygens (including phenoxy) is 1. The molecule has 0 saturated heterocycles. The van der Waals surface area contributed by atoms with Crippen molar-refractivity contribution >= 4 is 17.7 Å². The number of carbonyl (C=O) groups excluding carboxylic acids is 1. The number of hydrogen-bond acceptors (Lipinski definition) is 4. The number of anilines is 1. The first-order chi connectivity index (χ1) is 9.05. The maximum Gasteiger partial charge on any atom is 0.325 e. The monoisotopic (exact) mass is 267 g/mol. The molecular weight excluding hydrogens is 250 g/mol. The number of hydrogen-bond donors (Lipinski definition) is 2. The van der Waals surface area contributed by atoms with E-state index in [1.807, 2.05) is 0 Å². The van der Waals surface area contributed by atoms with Crippen LogP contribution < -0.4 is 5.32 Å². The topological polar surface area (TPSA) is 93.5 Å². The van der Waals surface area contributed by atoms with E-state index in [0.717, 1.165) is 12.8 Å². The van der Waals surface area contributed by atoms with E-state index in [2.05, 4.69) is 10.4 Å². The highest BCUT2D eigenvalue weighted by Crippen LogP contribution is 2.49. The number of methoxy groups -OCH3 is 1. The molecule has 104 valence electrons. The van der Waals surface area contributed by atoms with Gasteiger partial charge >= 0.3 is 5.97 Å². The predicted molar refractivity (Wildman–Crippen MR) is 66.7 cm³/mol. The summed E-state index contributed by atoms with van der Waals surface area (Å²) >= 11 is 0. The summed E-state index contributed by atoms with van der Waals surface area (Å²) < 4.78 is 6.27. The van der Waals surface area contributed by atoms with Crippen LogP contribution in [-0.2, 0) is 20.9 Å². The van der Waals surface area contributed by atoms with Crippen molar-refractivity contribution in [3.8, 4) is 0 Å². The van der Waals surface area contributed by atoms with Gasteiger partial charge in [0.25, 0.3) is 0 Å². The van der Waals surface area contributed by atoms with Crippen molar-refractivity contribution in [2.75, 3.05) is 19.0 Å². The third kappa shape index (κ3) is 3.31. The average Bonchev–Trinajstić information content (AvgIpc) is 3.03. The van der Waals surface area contributed by atoms with Gasteiger partial charge in [0.05, 0.1) is 5.41 Å². The Morgan fingerprint density at radius 3 is 2.89 bits per heavy atom. The molecule has 19 heavy (non-hydrogen) atoms. The maximum atomic E-state index is 12.1. The summed E-state index contributed by atoms with van der Waals surface area (Å²) in [6.45, 7) is 0.339. The Balaban J connectivity index is 1.92. The summed E-state index contributed by atoms with van der Waals surface area (Å²) in [5, 5.41) is 15.3. The number of carboxylic acids is 1. The average molecular weight is 267 g/mol. The second-order valence-electron chi connectivity index (χ2n) is 4.77. The van der Waals surface area contributed by atoms with E-state index < -0.39 is 5.97 Å². The van der Waals surface area contributed by atoms with Gasteiger partial charge in [0.2, 0.25) is 5.91 Å². The SMILES string of the molecule is COCCC1(C(=O)Nc2ccn(CC(=O)O)n2)CC1. The Bertz CT molecular complexity index is 479. The summed E-state index contributed by atoms with van der Waals surface area (Å²) in [5.74, 6) is -0.653. The van der Waals surface area contributed by atoms with Gasteiger partial charge in [-0.3, -0.25) is 14.3 Å². The smallest absolute Gasteiger partial charge is 0.325 e. The molecule has 1 saturated carbocycles. The summed E-state index contributed by atoms with van der Waals surface area (Å²) in [5.41, 5.74) is -0.327. The number of nitrogens with zero attached hydrogens (tertiary/aromatic N) is 2. The number of carboxylic acid groups (broad SMARTS) is 1. The Morgan fingerprint density at radius 2 is 2.32 bits per heavy atom. The lowest BCUT2D eigenvalue weighted by molar-refractivity contribution is -0.137. The highest BCUT2D eigenvalue weighted by atomic mass is 16.5. The van der Waals surface area contributed by atoms with Gasteiger partial charge in [0, 0.05) is 26.0 Å². The molecule has 0 spiro atoms. The fourth-order valence-corrected chi connectivity index (χ4v) is 1.94. The summed E-state index contributed by atoms with van der Waals surface area (Å²) in [6.07, 6.45) is 3.94. The molecule has 1 aliphatic rings. The molecule has 0 aromatic carbocycles. The lowest BCUT2D eigenvalue weighted by Gasteiger charge is -2.13. The highest BCUT2D eigenvalue weighted by Gasteiger charge is 2.49. The van der Waals surface area contributed by atoms with E-state index in [1.165, 1.54) is 10.9 Å². The van der Waals surface area contributed by atoms with Crippen molar-refractivity contribution in [1.29, 1.82) is 0 Å². The Labute approximate surface area is 110 Å². The van der Waals surface area contributed by atoms with Crippen LogP contribution in [0.2, 0.25) is 0 Å². The fourth-order valence-electron chi connectivity index (χ4n) is 1.94. The standard InChI is InChI=1S/C12H17N3O4/c1-19-7-5-12(3-4-12)11(18)13-9-2-6-15(14-9)8-10(16)17/h2,6H,3-5,7-8H2,1H3,(H,16,17)(H,13,14,18). The van der Waals surface area contributed by atoms with Crippen molar-refractivity contribution in [2.45, 2.75) is 25.8 Å². The van der Waals surface area contributed by atoms with E-state index >= 15 is 0 Å². The van der Waals surface area contributed by atoms with E-state index in [1.54, 1.807) is 13.2 Å². The molecule has 2 rings (SSSR count). The number of aliphatic carboxylic acids is 1. The first-order valence-corrected chi connectivity index (χ1v) is 6.11. The molecule has 1 aromatic rings. The minimum absolute atomic E-state index is 0.0647. The largest absolute Gasteiger partial charge is 0.480 e. The van der Waals surface area contributed by atoms with Gasteiger partial charge in [0.15, 0.2) is 5.82 Å². The second-order valence-corrected chi connectivity index (χ2v) is 4.77. The third-order valence-electron chi connectivity index (χ3n) is 3.30. The number of rotatable bonds is 7. The lowest BCUT2D eigenvalue weighted by atomic mass is 10.0. The van der Waals surface area contributed by atoms with E-state index in [4.69, 9.17) is 9.84 Å². The summed E-state index contributed by atoms with van der Waals surface area (Å²) in [7, 11) is 1.61. The van der Waals surface area contributed by atoms with Crippen molar-refractivity contribution in [3.63, 3.8) is 0 Å². The summed E-state index contributed by atoms with van der Waals surface area (Å²) in [4.78, 5) is 22.6. The zero-order valence-corrected chi connectivity index (χ0v) is 10.8. The number of nitrogens with one attached hydrogen (secondary N) is 1. The van der Waals surface area contributed by atoms with Crippen LogP contribution >= 0.6 is 0 Å². The summed E-state index contributed by atoms with van der Waals surface area (Å²) in [6, 6.07) is 1.59. The zero-order chi connectivity index (χ0) is 13.9. The Kier molecular flexibility index (Phi) is 3.84. The third-order valence-corrected chi connectivity index (χ3v) is 3.30. The van der Waals surface area contributed by atoms with E-state index in [9.17, 15) is 9.59 Å². The molecule has 1 aromatic heterocycles. The molecule has 0 aliphatic heterocycles. The number of amides is 1. The normalized spacial score (nSPS) is 16.1. The van der Waals surface area contributed by atoms with Crippen LogP contribution in [0.25, 0.3) is 0 Å². The molecule has 1 aliphatic carbocycles. The molecule has 2 N–H and O–H groups in total. The molecule has 0 unspecified atom stereocenters. The molecule has 7 heteroatoms. The second kappa shape index (κ2) is 5.40. The van der Waals surface area contributed by atoms with Crippen LogP contribution in [0.3, 0.4) is 0 Å². The molecule has 1 heterocycles. The Hall–Kier alpha value is -1.89. The van der Waals surface area contributed by atoms with Crippen molar-refractivity contribution in [3.05, 3.63) is 12.3 Å². The number of aromatic nitrogens is 2. The van der Waals surface area contributed by atoms with Crippen LogP contribution in [0.4, 0.5) is 5.82 Å². The molecule has 0 bridgehead atoms. The van der Waals surface area contributed by atoms with Gasteiger partial charge < -0.3 is 15.2 Å². The van der Waals surface area contributed by atoms with Crippen molar-refractivity contribution in [2.24, 2.45) is 5.41 Å². The van der Waals surface area contributed by atoms with Gasteiger partial charge in [0.1, 0.15) is 6.54 Å². The molecular formula is C12H17N3O4. The van der Waals surface area contributed by atoms with Gasteiger partial charge in [-0.15, -0.1) is 0 Å². The van der Waals surface area contributed by atoms with Crippen LogP contribution in [0.1, 0.15) is 19.3 Å². The quantitative estimate of drug-likeness (QED) is 0.759. The van der Waals surface area contributed by atoms with E-state index in [-0.39, 0.29) is 17.9 Å². The van der Waals surface area contributed by atoms with Crippen molar-refractivity contribution in [1.82, 2.24) is 9.78 Å². The van der Waals surface area contributed by atoms with Crippen LogP contribution in [0.15, 0.2) is 12.3 Å². The molecule has 1 amide bonds. The minimum atomic E-state index is -0.972. The number of carbonyl (C=O) groups is 2. The fraction of sp³-hybridized carbons (Fsp3) is 0.583. The van der Waals surface area contributed by atoms with Gasteiger partial charge in [-0.25, -0.2) is 0 Å². The lowest BCUT2D eigenvalue weighted by Crippen LogP contribution is -2.25.